The number of aromatic nitrogens is 2. The van der Waals surface area contributed by atoms with Crippen LogP contribution >= 0.6 is 0 Å². The molecule has 0 aliphatic carbocycles. The molecule has 0 fully saturated rings. The lowest BCUT2D eigenvalue weighted by atomic mass is 10.1. The van der Waals surface area contributed by atoms with Crippen molar-refractivity contribution in [1.82, 2.24) is 9.55 Å². The number of carbonyl (C=O) groups is 1. The van der Waals surface area contributed by atoms with Gasteiger partial charge in [-0.3, -0.25) is 4.79 Å². The van der Waals surface area contributed by atoms with Gasteiger partial charge in [0.1, 0.15) is 6.42 Å². The molecule has 0 radical (unpaired) electrons. The maximum atomic E-state index is 13.1. The lowest BCUT2D eigenvalue weighted by molar-refractivity contribution is -0.149. The first-order valence-electron chi connectivity index (χ1n) is 5.75. The van der Waals surface area contributed by atoms with Crippen molar-refractivity contribution >= 4 is 12.2 Å². The zero-order chi connectivity index (χ0) is 14.7. The summed E-state index contributed by atoms with van der Waals surface area (Å²) in [6.07, 6.45) is 4.27. The molecule has 1 aliphatic rings. The third-order valence-corrected chi connectivity index (χ3v) is 2.63. The van der Waals surface area contributed by atoms with Gasteiger partial charge in [-0.1, -0.05) is 0 Å². The van der Waals surface area contributed by atoms with Gasteiger partial charge in [0.15, 0.2) is 6.23 Å². The third kappa shape index (κ3) is 2.68. The number of nitrogens with zero attached hydrogens (tertiary/aromatic N) is 2. The largest absolute Gasteiger partial charge is 0.508 e. The maximum absolute atomic E-state index is 13.1. The molecule has 0 aromatic carbocycles. The summed E-state index contributed by atoms with van der Waals surface area (Å²) < 4.78 is 18.6. The minimum absolute atomic E-state index is 0.278. The number of ether oxygens (including phenoxy) is 1. The number of hydrogen-bond donors (Lipinski definition) is 1. The topological polar surface area (TPSA) is 93.5 Å². The minimum atomic E-state index is -1.23. The lowest BCUT2D eigenvalue weighted by Crippen LogP contribution is -2.40. The van der Waals surface area contributed by atoms with Crippen LogP contribution in [0.2, 0.25) is 0 Å². The third-order valence-electron chi connectivity index (χ3n) is 2.63. The summed E-state index contributed by atoms with van der Waals surface area (Å²) in [6, 6.07) is 0. The van der Waals surface area contributed by atoms with E-state index in [4.69, 9.17) is 4.74 Å². The van der Waals surface area contributed by atoms with E-state index in [1.54, 1.807) is 6.08 Å². The van der Waals surface area contributed by atoms with E-state index in [0.717, 1.165) is 0 Å². The molecular formula is C12H11FN3O4+. The molecule has 1 N–H and O–H groups in total. The fourth-order valence-electron chi connectivity index (χ4n) is 1.64. The molecule has 7 nitrogen and oxygen atoms in total. The van der Waals surface area contributed by atoms with Gasteiger partial charge in [-0.25, -0.2) is 14.4 Å². The monoisotopic (exact) mass is 280 g/mol. The van der Waals surface area contributed by atoms with Crippen LogP contribution in [0.15, 0.2) is 33.1 Å². The molecule has 2 rings (SSSR count). The molecule has 1 aromatic rings. The van der Waals surface area contributed by atoms with Gasteiger partial charge in [0.2, 0.25) is 12.0 Å². The van der Waals surface area contributed by atoms with E-state index in [9.17, 15) is 18.8 Å². The first-order valence-corrected chi connectivity index (χ1v) is 5.75. The number of halogens is 1. The number of H-pyrrole nitrogens is 1. The molecule has 20 heavy (non-hydrogen) atoms. The van der Waals surface area contributed by atoms with E-state index in [2.05, 4.69) is 4.99 Å². The van der Waals surface area contributed by atoms with Gasteiger partial charge in [0.25, 0.3) is 11.5 Å². The average molecular weight is 280 g/mol. The van der Waals surface area contributed by atoms with Crippen molar-refractivity contribution < 1.29 is 13.9 Å². The molecule has 0 saturated carbocycles. The number of rotatable bonds is 3. The Bertz CT molecular complexity index is 689. The summed E-state index contributed by atoms with van der Waals surface area (Å²) in [5.41, 5.74) is -2.02. The summed E-state index contributed by atoms with van der Waals surface area (Å²) in [7, 11) is 0. The van der Waals surface area contributed by atoms with Gasteiger partial charge < -0.3 is 9.72 Å². The zero-order valence-corrected chi connectivity index (χ0v) is 10.5. The second-order valence-corrected chi connectivity index (χ2v) is 4.01. The molecule has 0 saturated heterocycles. The van der Waals surface area contributed by atoms with E-state index in [1.807, 2.05) is 4.98 Å². The van der Waals surface area contributed by atoms with Crippen molar-refractivity contribution in [1.29, 1.82) is 0 Å². The quantitative estimate of drug-likeness (QED) is 0.636. The number of hydrogen-bond acceptors (Lipinski definition) is 5. The van der Waals surface area contributed by atoms with Gasteiger partial charge in [-0.05, 0) is 13.0 Å². The van der Waals surface area contributed by atoms with Crippen LogP contribution in [0, 0.1) is 11.7 Å². The van der Waals surface area contributed by atoms with Gasteiger partial charge in [0, 0.05) is 12.4 Å². The Morgan fingerprint density at radius 3 is 3.00 bits per heavy atom. The van der Waals surface area contributed by atoms with E-state index < -0.39 is 29.3 Å². The molecule has 0 amide bonds. The van der Waals surface area contributed by atoms with Crippen LogP contribution in [-0.4, -0.2) is 21.7 Å². The molecule has 2 heterocycles. The molecule has 0 bridgehead atoms. The predicted octanol–water partition coefficient (Wildman–Crippen LogP) is 0.300. The Labute approximate surface area is 112 Å². The highest BCUT2D eigenvalue weighted by Gasteiger charge is 2.34. The molecular weight excluding hydrogens is 269 g/mol. The highest BCUT2D eigenvalue weighted by Crippen LogP contribution is 2.14. The lowest BCUT2D eigenvalue weighted by Gasteiger charge is -2.13. The fourth-order valence-corrected chi connectivity index (χ4v) is 1.64. The Balaban J connectivity index is 2.19. The molecule has 1 aromatic heterocycles. The first kappa shape index (κ1) is 13.8. The highest BCUT2D eigenvalue weighted by molar-refractivity contribution is 6.05. The van der Waals surface area contributed by atoms with Crippen molar-refractivity contribution in [2.24, 2.45) is 4.99 Å². The Morgan fingerprint density at radius 1 is 1.60 bits per heavy atom. The molecule has 104 valence electrons. The number of aliphatic imine (C=N–C) groups is 1. The van der Waals surface area contributed by atoms with Crippen LogP contribution in [-0.2, 0) is 9.53 Å². The number of aromatic amines is 1. The number of esters is 1. The van der Waals surface area contributed by atoms with E-state index >= 15 is 0 Å². The molecule has 1 atom stereocenters. The zero-order valence-electron chi connectivity index (χ0n) is 10.5. The summed E-state index contributed by atoms with van der Waals surface area (Å²) in [5.74, 6) is -1.58. The van der Waals surface area contributed by atoms with E-state index in [1.165, 1.54) is 19.3 Å². The smallest absolute Gasteiger partial charge is 0.405 e. The van der Waals surface area contributed by atoms with E-state index in [-0.39, 0.29) is 5.92 Å². The minimum Gasteiger partial charge on any atom is -0.405 e. The second-order valence-electron chi connectivity index (χ2n) is 4.01. The van der Waals surface area contributed by atoms with Crippen LogP contribution in [0.5, 0.6) is 0 Å². The summed E-state index contributed by atoms with van der Waals surface area (Å²) in [6.45, 7) is 1.30. The van der Waals surface area contributed by atoms with Crippen molar-refractivity contribution in [2.75, 3.05) is 0 Å². The van der Waals surface area contributed by atoms with Crippen molar-refractivity contribution in [2.45, 2.75) is 19.6 Å². The Kier molecular flexibility index (Phi) is 3.83. The highest BCUT2D eigenvalue weighted by atomic mass is 19.1. The summed E-state index contributed by atoms with van der Waals surface area (Å²) >= 11 is 0. The van der Waals surface area contributed by atoms with Gasteiger partial charge >= 0.3 is 11.7 Å². The number of nitrogens with one attached hydrogen (secondary N) is 1. The maximum Gasteiger partial charge on any atom is 0.508 e. The van der Waals surface area contributed by atoms with Crippen LogP contribution in [0.1, 0.15) is 19.6 Å². The van der Waals surface area contributed by atoms with Crippen LogP contribution in [0.4, 0.5) is 4.39 Å². The summed E-state index contributed by atoms with van der Waals surface area (Å²) in [4.78, 5) is 40.6. The van der Waals surface area contributed by atoms with E-state index in [0.29, 0.717) is 17.2 Å². The SMILES string of the molecule is CC(OC(=O)[C+]1C=NC=CC1)n1c(=O)[nH]cc(F)c1=O. The van der Waals surface area contributed by atoms with Gasteiger partial charge in [0.05, 0.1) is 0 Å². The number of allylic oxidation sites excluding steroid dienone is 1. The Morgan fingerprint density at radius 2 is 2.35 bits per heavy atom. The molecule has 1 unspecified atom stereocenters. The standard InChI is InChI=1S/C12H10FN3O4/c1-7(16-10(17)9(13)6-15-12(16)19)20-11(18)8-3-2-4-14-5-8/h2,4-7H,3H2,1H3/p+1. The average Bonchev–Trinajstić information content (AvgIpc) is 2.44. The molecule has 1 aliphatic heterocycles. The second kappa shape index (κ2) is 5.55. The first-order chi connectivity index (χ1) is 9.50. The normalized spacial score (nSPS) is 15.2. The fraction of sp³-hybridized carbons (Fsp3) is 0.250. The van der Waals surface area contributed by atoms with Crippen molar-refractivity contribution in [3.05, 3.63) is 51.0 Å². The van der Waals surface area contributed by atoms with Crippen LogP contribution < -0.4 is 11.2 Å². The van der Waals surface area contributed by atoms with Crippen molar-refractivity contribution in [3.8, 4) is 0 Å². The molecule has 0 spiro atoms. The Hall–Kier alpha value is -2.64. The van der Waals surface area contributed by atoms with Crippen LogP contribution in [0.25, 0.3) is 0 Å². The van der Waals surface area contributed by atoms with Crippen LogP contribution in [0.3, 0.4) is 0 Å². The van der Waals surface area contributed by atoms with Gasteiger partial charge in [-0.2, -0.15) is 9.18 Å². The van der Waals surface area contributed by atoms with Gasteiger partial charge in [-0.15, -0.1) is 0 Å². The molecule has 8 heteroatoms. The predicted molar refractivity (Wildman–Crippen MR) is 67.6 cm³/mol. The summed E-state index contributed by atoms with van der Waals surface area (Å²) in [5, 5.41) is 0. The van der Waals surface area contributed by atoms with Crippen molar-refractivity contribution in [3.63, 3.8) is 0 Å². The number of carbonyl (C=O) groups excluding carboxylic acids is 1.